The van der Waals surface area contributed by atoms with E-state index in [0.29, 0.717) is 6.61 Å². The highest BCUT2D eigenvalue weighted by Gasteiger charge is 2.07. The maximum Gasteiger partial charge on any atom is 0.246 e. The molecule has 0 aliphatic carbocycles. The van der Waals surface area contributed by atoms with Gasteiger partial charge in [-0.3, -0.25) is 4.79 Å². The summed E-state index contributed by atoms with van der Waals surface area (Å²) in [5, 5.41) is 2.90. The quantitative estimate of drug-likeness (QED) is 0.877. The summed E-state index contributed by atoms with van der Waals surface area (Å²) in [6, 6.07) is 8.22. The summed E-state index contributed by atoms with van der Waals surface area (Å²) in [5.74, 6) is -0.0588. The van der Waals surface area contributed by atoms with Gasteiger partial charge >= 0.3 is 0 Å². The fraction of sp³-hybridized carbons (Fsp3) is 0.462. The Morgan fingerprint density at radius 1 is 1.41 bits per heavy atom. The summed E-state index contributed by atoms with van der Waals surface area (Å²) in [6.45, 7) is 4.57. The highest BCUT2D eigenvalue weighted by atomic mass is 79.9. The topological polar surface area (TPSA) is 38.3 Å². The van der Waals surface area contributed by atoms with Crippen LogP contribution in [0.1, 0.15) is 19.4 Å². The molecule has 0 heterocycles. The zero-order chi connectivity index (χ0) is 12.7. The first-order chi connectivity index (χ1) is 8.11. The summed E-state index contributed by atoms with van der Waals surface area (Å²) < 4.78 is 6.11. The first-order valence-electron chi connectivity index (χ1n) is 5.73. The lowest BCUT2D eigenvalue weighted by atomic mass is 10.1. The standard InChI is InChI=1S/C13H18BrNO2/c1-3-17-9-13(16)15-10(2)8-11-4-6-12(14)7-5-11/h4-7,10H,3,8-9H2,1-2H3,(H,15,16). The molecule has 1 aromatic rings. The molecule has 0 saturated carbocycles. The third-order valence-electron chi connectivity index (χ3n) is 2.30. The zero-order valence-corrected chi connectivity index (χ0v) is 11.8. The van der Waals surface area contributed by atoms with Crippen LogP contribution in [0.5, 0.6) is 0 Å². The van der Waals surface area contributed by atoms with Crippen molar-refractivity contribution in [3.63, 3.8) is 0 Å². The number of benzene rings is 1. The molecule has 1 atom stereocenters. The molecule has 0 fully saturated rings. The predicted molar refractivity (Wildman–Crippen MR) is 71.9 cm³/mol. The van der Waals surface area contributed by atoms with Crippen LogP contribution in [0.15, 0.2) is 28.7 Å². The second-order valence-electron chi connectivity index (χ2n) is 3.94. The molecule has 3 nitrogen and oxygen atoms in total. The average Bonchev–Trinajstić information content (AvgIpc) is 2.29. The van der Waals surface area contributed by atoms with E-state index in [-0.39, 0.29) is 18.6 Å². The van der Waals surface area contributed by atoms with Crippen LogP contribution in [-0.4, -0.2) is 25.2 Å². The minimum atomic E-state index is -0.0588. The van der Waals surface area contributed by atoms with Gasteiger partial charge in [-0.1, -0.05) is 28.1 Å². The first kappa shape index (κ1) is 14.2. The predicted octanol–water partition coefficient (Wildman–Crippen LogP) is 2.53. The van der Waals surface area contributed by atoms with Crippen LogP contribution in [0, 0.1) is 0 Å². The van der Waals surface area contributed by atoms with Gasteiger partial charge in [0.2, 0.25) is 5.91 Å². The van der Waals surface area contributed by atoms with E-state index in [4.69, 9.17) is 4.74 Å². The average molecular weight is 300 g/mol. The van der Waals surface area contributed by atoms with Crippen molar-refractivity contribution in [2.75, 3.05) is 13.2 Å². The van der Waals surface area contributed by atoms with Gasteiger partial charge in [-0.2, -0.15) is 0 Å². The number of nitrogens with one attached hydrogen (secondary N) is 1. The van der Waals surface area contributed by atoms with Gasteiger partial charge in [-0.15, -0.1) is 0 Å². The normalized spacial score (nSPS) is 12.2. The molecule has 4 heteroatoms. The van der Waals surface area contributed by atoms with E-state index in [1.54, 1.807) is 0 Å². The molecule has 1 unspecified atom stereocenters. The van der Waals surface area contributed by atoms with Crippen LogP contribution < -0.4 is 5.32 Å². The summed E-state index contributed by atoms with van der Waals surface area (Å²) >= 11 is 3.39. The van der Waals surface area contributed by atoms with Gasteiger partial charge in [0.1, 0.15) is 6.61 Å². The smallest absolute Gasteiger partial charge is 0.246 e. The Balaban J connectivity index is 2.36. The fourth-order valence-electron chi connectivity index (χ4n) is 1.54. The number of carbonyl (C=O) groups excluding carboxylic acids is 1. The van der Waals surface area contributed by atoms with Gasteiger partial charge in [0.15, 0.2) is 0 Å². The lowest BCUT2D eigenvalue weighted by Gasteiger charge is -2.14. The second kappa shape index (κ2) is 7.45. The fourth-order valence-corrected chi connectivity index (χ4v) is 1.80. The Morgan fingerprint density at radius 2 is 2.06 bits per heavy atom. The van der Waals surface area contributed by atoms with Crippen molar-refractivity contribution >= 4 is 21.8 Å². The summed E-state index contributed by atoms with van der Waals surface area (Å²) in [5.41, 5.74) is 1.21. The Kier molecular flexibility index (Phi) is 6.22. The Bertz CT molecular complexity index is 351. The Morgan fingerprint density at radius 3 is 2.65 bits per heavy atom. The number of halogens is 1. The van der Waals surface area contributed by atoms with E-state index in [1.807, 2.05) is 26.0 Å². The lowest BCUT2D eigenvalue weighted by Crippen LogP contribution is -2.36. The van der Waals surface area contributed by atoms with Crippen molar-refractivity contribution in [1.29, 1.82) is 0 Å². The van der Waals surface area contributed by atoms with Crippen molar-refractivity contribution in [2.24, 2.45) is 0 Å². The van der Waals surface area contributed by atoms with E-state index < -0.39 is 0 Å². The highest BCUT2D eigenvalue weighted by molar-refractivity contribution is 9.10. The summed E-state index contributed by atoms with van der Waals surface area (Å²) in [7, 11) is 0. The van der Waals surface area contributed by atoms with Crippen LogP contribution in [-0.2, 0) is 16.0 Å². The van der Waals surface area contributed by atoms with Crippen molar-refractivity contribution in [2.45, 2.75) is 26.3 Å². The van der Waals surface area contributed by atoms with Gasteiger partial charge in [0.25, 0.3) is 0 Å². The minimum Gasteiger partial charge on any atom is -0.372 e. The Labute approximate surface area is 111 Å². The van der Waals surface area contributed by atoms with Gasteiger partial charge in [-0.05, 0) is 38.0 Å². The van der Waals surface area contributed by atoms with E-state index in [2.05, 4.69) is 33.4 Å². The third-order valence-corrected chi connectivity index (χ3v) is 2.83. The highest BCUT2D eigenvalue weighted by Crippen LogP contribution is 2.11. The molecule has 94 valence electrons. The van der Waals surface area contributed by atoms with Crippen LogP contribution in [0.3, 0.4) is 0 Å². The number of ether oxygens (including phenoxy) is 1. The van der Waals surface area contributed by atoms with E-state index in [9.17, 15) is 4.79 Å². The van der Waals surface area contributed by atoms with Crippen LogP contribution in [0.2, 0.25) is 0 Å². The van der Waals surface area contributed by atoms with E-state index in [1.165, 1.54) is 5.56 Å². The van der Waals surface area contributed by atoms with Gasteiger partial charge in [0, 0.05) is 17.1 Å². The van der Waals surface area contributed by atoms with Gasteiger partial charge in [-0.25, -0.2) is 0 Å². The molecule has 0 aromatic heterocycles. The molecular formula is C13H18BrNO2. The van der Waals surface area contributed by atoms with Crippen molar-refractivity contribution < 1.29 is 9.53 Å². The van der Waals surface area contributed by atoms with Gasteiger partial charge in [0.05, 0.1) is 0 Å². The zero-order valence-electron chi connectivity index (χ0n) is 10.2. The van der Waals surface area contributed by atoms with Crippen LogP contribution >= 0.6 is 15.9 Å². The maximum atomic E-state index is 11.4. The monoisotopic (exact) mass is 299 g/mol. The molecule has 1 aromatic carbocycles. The van der Waals surface area contributed by atoms with Crippen molar-refractivity contribution in [1.82, 2.24) is 5.32 Å². The Hall–Kier alpha value is -0.870. The molecule has 0 aliphatic rings. The molecule has 1 rings (SSSR count). The number of hydrogen-bond donors (Lipinski definition) is 1. The largest absolute Gasteiger partial charge is 0.372 e. The van der Waals surface area contributed by atoms with E-state index in [0.717, 1.165) is 10.9 Å². The lowest BCUT2D eigenvalue weighted by molar-refractivity contribution is -0.126. The number of hydrogen-bond acceptors (Lipinski definition) is 2. The second-order valence-corrected chi connectivity index (χ2v) is 4.85. The SMILES string of the molecule is CCOCC(=O)NC(C)Cc1ccc(Br)cc1. The van der Waals surface area contributed by atoms with Crippen molar-refractivity contribution in [3.8, 4) is 0 Å². The summed E-state index contributed by atoms with van der Waals surface area (Å²) in [4.78, 5) is 11.4. The molecule has 0 bridgehead atoms. The number of amides is 1. The minimum absolute atomic E-state index is 0.0588. The number of carbonyl (C=O) groups is 1. The molecule has 0 radical (unpaired) electrons. The molecule has 1 N–H and O–H groups in total. The third kappa shape index (κ3) is 5.84. The molecule has 0 aliphatic heterocycles. The van der Waals surface area contributed by atoms with Gasteiger partial charge < -0.3 is 10.1 Å². The van der Waals surface area contributed by atoms with E-state index >= 15 is 0 Å². The van der Waals surface area contributed by atoms with Crippen LogP contribution in [0.4, 0.5) is 0 Å². The molecule has 0 saturated heterocycles. The van der Waals surface area contributed by atoms with Crippen LogP contribution in [0.25, 0.3) is 0 Å². The summed E-state index contributed by atoms with van der Waals surface area (Å²) in [6.07, 6.45) is 0.825. The maximum absolute atomic E-state index is 11.4. The number of rotatable bonds is 6. The molecule has 0 spiro atoms. The molecular weight excluding hydrogens is 282 g/mol. The molecule has 17 heavy (non-hydrogen) atoms. The molecule has 1 amide bonds. The van der Waals surface area contributed by atoms with Crippen molar-refractivity contribution in [3.05, 3.63) is 34.3 Å². The first-order valence-corrected chi connectivity index (χ1v) is 6.52.